The first kappa shape index (κ1) is 16.4. The Labute approximate surface area is 142 Å². The van der Waals surface area contributed by atoms with Crippen LogP contribution in [-0.2, 0) is 17.8 Å². The molecule has 0 aliphatic heterocycles. The van der Waals surface area contributed by atoms with Gasteiger partial charge in [0.2, 0.25) is 11.8 Å². The molecule has 0 aliphatic carbocycles. The maximum atomic E-state index is 12.5. The largest absolute Gasteiger partial charge is 0.338 e. The lowest BCUT2D eigenvalue weighted by Gasteiger charge is -2.04. The Kier molecular flexibility index (Phi) is 4.48. The average molecular weight is 346 g/mol. The second-order valence-corrected chi connectivity index (χ2v) is 6.90. The zero-order valence-electron chi connectivity index (χ0n) is 13.7. The zero-order valence-corrected chi connectivity index (χ0v) is 14.5. The van der Waals surface area contributed by atoms with E-state index in [1.807, 2.05) is 26.8 Å². The minimum atomic E-state index is -0.365. The van der Waals surface area contributed by atoms with Gasteiger partial charge in [0.15, 0.2) is 0 Å². The van der Waals surface area contributed by atoms with Gasteiger partial charge >= 0.3 is 0 Å². The Bertz CT molecular complexity index is 938. The molecule has 0 aromatic carbocycles. The van der Waals surface area contributed by atoms with E-state index in [0.717, 1.165) is 17.0 Å². The molecule has 1 amide bonds. The number of carbonyl (C=O) groups is 1. The third kappa shape index (κ3) is 3.23. The predicted molar refractivity (Wildman–Crippen MR) is 92.5 cm³/mol. The Morgan fingerprint density at radius 1 is 1.42 bits per heavy atom. The van der Waals surface area contributed by atoms with E-state index in [2.05, 4.69) is 15.5 Å². The molecule has 0 fully saturated rings. The molecule has 3 heterocycles. The van der Waals surface area contributed by atoms with Crippen LogP contribution in [0.2, 0.25) is 0 Å². The number of carbonyl (C=O) groups excluding carboxylic acids is 1. The number of thiophene rings is 1. The Morgan fingerprint density at radius 3 is 2.88 bits per heavy atom. The summed E-state index contributed by atoms with van der Waals surface area (Å²) >= 11 is 1.50. The van der Waals surface area contributed by atoms with E-state index in [-0.39, 0.29) is 29.8 Å². The number of fused-ring (bicyclic) bond motifs is 1. The van der Waals surface area contributed by atoms with Crippen molar-refractivity contribution in [1.82, 2.24) is 14.7 Å². The molecule has 1 N–H and O–H groups in total. The number of nitrogens with zero attached hydrogens (tertiary/aromatic N) is 3. The van der Waals surface area contributed by atoms with Crippen molar-refractivity contribution in [1.29, 1.82) is 0 Å². The van der Waals surface area contributed by atoms with E-state index in [1.165, 1.54) is 22.2 Å². The minimum absolute atomic E-state index is 0.128. The second kappa shape index (κ2) is 6.56. The lowest BCUT2D eigenvalue weighted by Crippen LogP contribution is -2.27. The molecule has 24 heavy (non-hydrogen) atoms. The molecule has 0 spiro atoms. The molecule has 7 nitrogen and oxygen atoms in total. The van der Waals surface area contributed by atoms with Crippen LogP contribution in [0.25, 0.3) is 10.2 Å². The van der Waals surface area contributed by atoms with Crippen molar-refractivity contribution in [2.24, 2.45) is 0 Å². The number of nitrogens with one attached hydrogen (secondary N) is 1. The van der Waals surface area contributed by atoms with Crippen LogP contribution in [-0.4, -0.2) is 20.6 Å². The standard InChI is InChI=1S/C16H18N4O3S/c1-4-10-5-11-15(24-10)17-8-20(16(11)22)7-13(21)18-14-6-12(9(2)3)19-23-14/h5-6,8-9H,4,7H2,1-3H3,(H,18,21). The number of aryl methyl sites for hydroxylation is 1. The quantitative estimate of drug-likeness (QED) is 0.767. The molecule has 126 valence electrons. The summed E-state index contributed by atoms with van der Waals surface area (Å²) in [4.78, 5) is 30.6. The SMILES string of the molecule is CCc1cc2c(=O)n(CC(=O)Nc3cc(C(C)C)no3)cnc2s1. The molecule has 0 aliphatic rings. The summed E-state index contributed by atoms with van der Waals surface area (Å²) in [7, 11) is 0. The maximum absolute atomic E-state index is 12.5. The first-order valence-electron chi connectivity index (χ1n) is 7.72. The van der Waals surface area contributed by atoms with Gasteiger partial charge in [-0.1, -0.05) is 25.9 Å². The highest BCUT2D eigenvalue weighted by molar-refractivity contribution is 7.18. The molecular formula is C16H18N4O3S. The number of anilines is 1. The third-order valence-electron chi connectivity index (χ3n) is 3.61. The minimum Gasteiger partial charge on any atom is -0.338 e. The molecule has 3 rings (SSSR count). The van der Waals surface area contributed by atoms with Gasteiger partial charge in [-0.15, -0.1) is 11.3 Å². The number of hydrogen-bond acceptors (Lipinski definition) is 6. The van der Waals surface area contributed by atoms with Gasteiger partial charge < -0.3 is 4.52 Å². The normalized spacial score (nSPS) is 11.3. The lowest BCUT2D eigenvalue weighted by atomic mass is 10.1. The maximum Gasteiger partial charge on any atom is 0.262 e. The van der Waals surface area contributed by atoms with E-state index < -0.39 is 0 Å². The highest BCUT2D eigenvalue weighted by Crippen LogP contribution is 2.21. The third-order valence-corrected chi connectivity index (χ3v) is 4.80. The van der Waals surface area contributed by atoms with Gasteiger partial charge in [0.1, 0.15) is 11.4 Å². The molecule has 3 aromatic heterocycles. The van der Waals surface area contributed by atoms with E-state index >= 15 is 0 Å². The Hall–Kier alpha value is -2.48. The fourth-order valence-corrected chi connectivity index (χ4v) is 3.17. The number of aromatic nitrogens is 3. The first-order valence-corrected chi connectivity index (χ1v) is 8.54. The molecule has 0 bridgehead atoms. The molecule has 3 aromatic rings. The van der Waals surface area contributed by atoms with Crippen molar-refractivity contribution >= 4 is 33.3 Å². The highest BCUT2D eigenvalue weighted by atomic mass is 32.1. The van der Waals surface area contributed by atoms with Crippen molar-refractivity contribution in [3.8, 4) is 0 Å². The van der Waals surface area contributed by atoms with Crippen molar-refractivity contribution in [3.63, 3.8) is 0 Å². The molecular weight excluding hydrogens is 328 g/mol. The summed E-state index contributed by atoms with van der Waals surface area (Å²) in [6.07, 6.45) is 2.25. The van der Waals surface area contributed by atoms with Crippen LogP contribution in [0.1, 0.15) is 37.3 Å². The fraction of sp³-hybridized carbons (Fsp3) is 0.375. The van der Waals surface area contributed by atoms with Crippen LogP contribution >= 0.6 is 11.3 Å². The Morgan fingerprint density at radius 2 is 2.21 bits per heavy atom. The van der Waals surface area contributed by atoms with Crippen LogP contribution < -0.4 is 10.9 Å². The van der Waals surface area contributed by atoms with Gasteiger partial charge in [-0.05, 0) is 18.4 Å². The van der Waals surface area contributed by atoms with Crippen molar-refractivity contribution in [2.45, 2.75) is 39.7 Å². The molecule has 0 saturated carbocycles. The Balaban J connectivity index is 1.77. The molecule has 8 heteroatoms. The molecule has 0 saturated heterocycles. The fourth-order valence-electron chi connectivity index (χ4n) is 2.25. The summed E-state index contributed by atoms with van der Waals surface area (Å²) in [5.41, 5.74) is 0.544. The van der Waals surface area contributed by atoms with E-state index in [0.29, 0.717) is 10.2 Å². The zero-order chi connectivity index (χ0) is 17.3. The van der Waals surface area contributed by atoms with Crippen molar-refractivity contribution < 1.29 is 9.32 Å². The van der Waals surface area contributed by atoms with Gasteiger partial charge in [0, 0.05) is 10.9 Å². The van der Waals surface area contributed by atoms with Crippen LogP contribution in [0.15, 0.2) is 27.8 Å². The summed E-state index contributed by atoms with van der Waals surface area (Å²) in [6, 6.07) is 3.52. The van der Waals surface area contributed by atoms with Gasteiger partial charge in [-0.2, -0.15) is 0 Å². The number of amides is 1. The summed E-state index contributed by atoms with van der Waals surface area (Å²) in [5.74, 6) is 0.116. The highest BCUT2D eigenvalue weighted by Gasteiger charge is 2.13. The first-order chi connectivity index (χ1) is 11.5. The number of rotatable bonds is 5. The van der Waals surface area contributed by atoms with Crippen LogP contribution in [0.4, 0.5) is 5.88 Å². The molecule has 0 radical (unpaired) electrons. The van der Waals surface area contributed by atoms with Gasteiger partial charge in [0.25, 0.3) is 5.56 Å². The van der Waals surface area contributed by atoms with Crippen LogP contribution in [0.5, 0.6) is 0 Å². The van der Waals surface area contributed by atoms with E-state index in [4.69, 9.17) is 4.52 Å². The van der Waals surface area contributed by atoms with Gasteiger partial charge in [-0.25, -0.2) is 4.98 Å². The monoisotopic (exact) mass is 346 g/mol. The van der Waals surface area contributed by atoms with Gasteiger partial charge in [-0.3, -0.25) is 19.5 Å². The lowest BCUT2D eigenvalue weighted by molar-refractivity contribution is -0.116. The van der Waals surface area contributed by atoms with Crippen molar-refractivity contribution in [2.75, 3.05) is 5.32 Å². The molecule has 0 atom stereocenters. The molecule has 0 unspecified atom stereocenters. The number of hydrogen-bond donors (Lipinski definition) is 1. The van der Waals surface area contributed by atoms with Crippen molar-refractivity contribution in [3.05, 3.63) is 39.4 Å². The van der Waals surface area contributed by atoms with Crippen LogP contribution in [0, 0.1) is 0 Å². The summed E-state index contributed by atoms with van der Waals surface area (Å²) in [5, 5.41) is 7.03. The average Bonchev–Trinajstić information content (AvgIpc) is 3.17. The van der Waals surface area contributed by atoms with Crippen LogP contribution in [0.3, 0.4) is 0 Å². The predicted octanol–water partition coefficient (Wildman–Crippen LogP) is 2.77. The van der Waals surface area contributed by atoms with E-state index in [9.17, 15) is 9.59 Å². The second-order valence-electron chi connectivity index (χ2n) is 5.78. The van der Waals surface area contributed by atoms with E-state index in [1.54, 1.807) is 6.07 Å². The summed E-state index contributed by atoms with van der Waals surface area (Å²) in [6.45, 7) is 5.86. The smallest absolute Gasteiger partial charge is 0.262 e. The topological polar surface area (TPSA) is 90.0 Å². The van der Waals surface area contributed by atoms with Gasteiger partial charge in [0.05, 0.1) is 17.4 Å². The summed E-state index contributed by atoms with van der Waals surface area (Å²) < 4.78 is 6.36.